The summed E-state index contributed by atoms with van der Waals surface area (Å²) in [5.41, 5.74) is 0. The van der Waals surface area contributed by atoms with E-state index in [1.54, 1.807) is 17.7 Å². The van der Waals surface area contributed by atoms with E-state index in [9.17, 15) is 0 Å². The molecule has 0 spiro atoms. The third-order valence-corrected chi connectivity index (χ3v) is 2.32. The van der Waals surface area contributed by atoms with Gasteiger partial charge in [-0.1, -0.05) is 6.07 Å². The highest BCUT2D eigenvalue weighted by Crippen LogP contribution is 2.20. The largest absolute Gasteiger partial charge is 0.316 e. The first-order valence-corrected chi connectivity index (χ1v) is 4.14. The molecule has 3 nitrogen and oxygen atoms in total. The van der Waals surface area contributed by atoms with E-state index in [1.165, 1.54) is 0 Å². The van der Waals surface area contributed by atoms with E-state index < -0.39 is 0 Å². The van der Waals surface area contributed by atoms with Crippen molar-refractivity contribution in [2.45, 2.75) is 0 Å². The zero-order valence-corrected chi connectivity index (χ0v) is 6.88. The number of aryl methyl sites for hydroxylation is 1. The van der Waals surface area contributed by atoms with Crippen LogP contribution in [0.3, 0.4) is 0 Å². The summed E-state index contributed by atoms with van der Waals surface area (Å²) < 4.78 is 1.91. The summed E-state index contributed by atoms with van der Waals surface area (Å²) in [6, 6.07) is 4.04. The van der Waals surface area contributed by atoms with E-state index in [1.807, 2.05) is 29.1 Å². The SMILES string of the molecule is Cn1cnnc1-c1cccs1. The van der Waals surface area contributed by atoms with Gasteiger partial charge in [-0.2, -0.15) is 0 Å². The highest BCUT2D eigenvalue weighted by atomic mass is 32.1. The molecule has 0 fully saturated rings. The van der Waals surface area contributed by atoms with Gasteiger partial charge < -0.3 is 4.57 Å². The number of hydrogen-bond donors (Lipinski definition) is 0. The van der Waals surface area contributed by atoms with Crippen LogP contribution in [0, 0.1) is 0 Å². The lowest BCUT2D eigenvalue weighted by molar-refractivity contribution is 0.922. The Bertz CT molecular complexity index is 336. The van der Waals surface area contributed by atoms with Gasteiger partial charge in [-0.05, 0) is 11.4 Å². The van der Waals surface area contributed by atoms with Crippen molar-refractivity contribution in [3.05, 3.63) is 23.8 Å². The van der Waals surface area contributed by atoms with E-state index in [0.29, 0.717) is 0 Å². The lowest BCUT2D eigenvalue weighted by atomic mass is 10.4. The Hall–Kier alpha value is -1.16. The monoisotopic (exact) mass is 165 g/mol. The molecule has 0 N–H and O–H groups in total. The van der Waals surface area contributed by atoms with E-state index in [-0.39, 0.29) is 0 Å². The zero-order valence-electron chi connectivity index (χ0n) is 6.06. The number of nitrogens with zero attached hydrogens (tertiary/aromatic N) is 3. The maximum absolute atomic E-state index is 3.98. The van der Waals surface area contributed by atoms with Crippen molar-refractivity contribution in [1.29, 1.82) is 0 Å². The molecule has 0 bridgehead atoms. The summed E-state index contributed by atoms with van der Waals surface area (Å²) >= 11 is 1.67. The van der Waals surface area contributed by atoms with Gasteiger partial charge in [0.25, 0.3) is 0 Å². The lowest BCUT2D eigenvalue weighted by Crippen LogP contribution is -1.87. The predicted octanol–water partition coefficient (Wildman–Crippen LogP) is 1.54. The average molecular weight is 165 g/mol. The number of aromatic nitrogens is 3. The van der Waals surface area contributed by atoms with Crippen LogP contribution in [0.25, 0.3) is 10.7 Å². The Balaban J connectivity index is 2.53. The number of rotatable bonds is 1. The second-order valence-corrected chi connectivity index (χ2v) is 3.19. The van der Waals surface area contributed by atoms with Gasteiger partial charge in [0.15, 0.2) is 5.82 Å². The molecule has 0 unspecified atom stereocenters. The Labute approximate surface area is 68.3 Å². The third kappa shape index (κ3) is 1.05. The standard InChI is InChI=1S/C7H7N3S/c1-10-5-8-9-7(10)6-3-2-4-11-6/h2-5H,1H3. The van der Waals surface area contributed by atoms with Crippen LogP contribution < -0.4 is 0 Å². The second-order valence-electron chi connectivity index (χ2n) is 2.24. The fraction of sp³-hybridized carbons (Fsp3) is 0.143. The molecule has 0 atom stereocenters. The molecule has 0 aromatic carbocycles. The van der Waals surface area contributed by atoms with Crippen LogP contribution in [0.4, 0.5) is 0 Å². The highest BCUT2D eigenvalue weighted by Gasteiger charge is 2.03. The van der Waals surface area contributed by atoms with E-state index >= 15 is 0 Å². The van der Waals surface area contributed by atoms with Crippen LogP contribution in [-0.4, -0.2) is 14.8 Å². The molecular formula is C7H7N3S. The summed E-state index contributed by atoms with van der Waals surface area (Å²) in [5.74, 6) is 0.931. The highest BCUT2D eigenvalue weighted by molar-refractivity contribution is 7.13. The van der Waals surface area contributed by atoms with E-state index in [2.05, 4.69) is 10.2 Å². The van der Waals surface area contributed by atoms with E-state index in [0.717, 1.165) is 10.7 Å². The van der Waals surface area contributed by atoms with Crippen molar-refractivity contribution in [2.75, 3.05) is 0 Å². The summed E-state index contributed by atoms with van der Waals surface area (Å²) in [6.07, 6.45) is 1.70. The molecule has 2 heterocycles. The molecule has 2 rings (SSSR count). The molecule has 0 saturated carbocycles. The minimum Gasteiger partial charge on any atom is -0.316 e. The van der Waals surface area contributed by atoms with Crippen molar-refractivity contribution in [2.24, 2.45) is 7.05 Å². The topological polar surface area (TPSA) is 30.7 Å². The predicted molar refractivity (Wildman–Crippen MR) is 44.3 cm³/mol. The van der Waals surface area contributed by atoms with Gasteiger partial charge >= 0.3 is 0 Å². The molecule has 0 amide bonds. The summed E-state index contributed by atoms with van der Waals surface area (Å²) in [4.78, 5) is 1.16. The van der Waals surface area contributed by atoms with Crippen molar-refractivity contribution in [1.82, 2.24) is 14.8 Å². The molecule has 2 aromatic heterocycles. The summed E-state index contributed by atoms with van der Waals surface area (Å²) in [5, 5.41) is 9.81. The maximum atomic E-state index is 3.98. The van der Waals surface area contributed by atoms with Crippen molar-refractivity contribution in [3.8, 4) is 10.7 Å². The lowest BCUT2D eigenvalue weighted by Gasteiger charge is -1.93. The number of hydrogen-bond acceptors (Lipinski definition) is 3. The Morgan fingerprint density at radius 1 is 1.55 bits per heavy atom. The number of thiophene rings is 1. The van der Waals surface area contributed by atoms with Gasteiger partial charge in [0, 0.05) is 7.05 Å². The van der Waals surface area contributed by atoms with Crippen LogP contribution in [0.1, 0.15) is 0 Å². The zero-order chi connectivity index (χ0) is 7.68. The van der Waals surface area contributed by atoms with Crippen LogP contribution in [-0.2, 0) is 7.05 Å². The Morgan fingerprint density at radius 3 is 3.00 bits per heavy atom. The van der Waals surface area contributed by atoms with E-state index in [4.69, 9.17) is 0 Å². The average Bonchev–Trinajstić information content (AvgIpc) is 2.55. The van der Waals surface area contributed by atoms with Crippen molar-refractivity contribution in [3.63, 3.8) is 0 Å². The van der Waals surface area contributed by atoms with Gasteiger partial charge in [0.1, 0.15) is 6.33 Å². The molecule has 11 heavy (non-hydrogen) atoms. The van der Waals surface area contributed by atoms with Crippen molar-refractivity contribution < 1.29 is 0 Å². The normalized spacial score (nSPS) is 10.3. The summed E-state index contributed by atoms with van der Waals surface area (Å²) in [6.45, 7) is 0. The van der Waals surface area contributed by atoms with Crippen LogP contribution in [0.2, 0.25) is 0 Å². The third-order valence-electron chi connectivity index (χ3n) is 1.45. The minimum atomic E-state index is 0.931. The van der Waals surface area contributed by atoms with Crippen LogP contribution in [0.15, 0.2) is 23.8 Å². The summed E-state index contributed by atoms with van der Waals surface area (Å²) in [7, 11) is 1.94. The first kappa shape index (κ1) is 6.54. The Kier molecular flexibility index (Phi) is 1.47. The van der Waals surface area contributed by atoms with Crippen LogP contribution >= 0.6 is 11.3 Å². The second kappa shape index (κ2) is 2.47. The van der Waals surface area contributed by atoms with Gasteiger partial charge in [0.2, 0.25) is 0 Å². The molecule has 56 valence electrons. The van der Waals surface area contributed by atoms with Crippen molar-refractivity contribution >= 4 is 11.3 Å². The minimum absolute atomic E-state index is 0.931. The van der Waals surface area contributed by atoms with Gasteiger partial charge in [-0.15, -0.1) is 21.5 Å². The molecule has 0 aliphatic heterocycles. The molecular weight excluding hydrogens is 158 g/mol. The maximum Gasteiger partial charge on any atom is 0.173 e. The fourth-order valence-electron chi connectivity index (χ4n) is 0.912. The smallest absolute Gasteiger partial charge is 0.173 e. The Morgan fingerprint density at radius 2 is 2.45 bits per heavy atom. The van der Waals surface area contributed by atoms with Gasteiger partial charge in [-0.3, -0.25) is 0 Å². The molecule has 2 aromatic rings. The molecule has 0 saturated heterocycles. The first-order chi connectivity index (χ1) is 5.38. The molecule has 0 aliphatic rings. The van der Waals surface area contributed by atoms with Crippen LogP contribution in [0.5, 0.6) is 0 Å². The molecule has 4 heteroatoms. The van der Waals surface area contributed by atoms with Gasteiger partial charge in [-0.25, -0.2) is 0 Å². The molecule has 0 aliphatic carbocycles. The molecule has 0 radical (unpaired) electrons. The quantitative estimate of drug-likeness (QED) is 0.641. The first-order valence-electron chi connectivity index (χ1n) is 3.26. The van der Waals surface area contributed by atoms with Gasteiger partial charge in [0.05, 0.1) is 4.88 Å². The fourth-order valence-corrected chi connectivity index (χ4v) is 1.66.